The molecule has 0 aliphatic carbocycles. The highest BCUT2D eigenvalue weighted by Crippen LogP contribution is 2.26. The SMILES string of the molecule is C=COC(CCC)c1ccccc1C=C. The summed E-state index contributed by atoms with van der Waals surface area (Å²) in [5, 5.41) is 0. The highest BCUT2D eigenvalue weighted by Gasteiger charge is 2.12. The Morgan fingerprint density at radius 1 is 1.33 bits per heavy atom. The molecule has 1 aromatic carbocycles. The van der Waals surface area contributed by atoms with Crippen molar-refractivity contribution in [2.45, 2.75) is 25.9 Å². The van der Waals surface area contributed by atoms with Crippen LogP contribution in [-0.2, 0) is 4.74 Å². The van der Waals surface area contributed by atoms with Gasteiger partial charge in [0.15, 0.2) is 0 Å². The van der Waals surface area contributed by atoms with E-state index in [4.69, 9.17) is 4.74 Å². The van der Waals surface area contributed by atoms with Gasteiger partial charge in [-0.05, 0) is 17.5 Å². The van der Waals surface area contributed by atoms with Crippen molar-refractivity contribution in [2.75, 3.05) is 0 Å². The molecule has 0 aliphatic rings. The summed E-state index contributed by atoms with van der Waals surface area (Å²) in [4.78, 5) is 0. The van der Waals surface area contributed by atoms with Crippen LogP contribution in [0.5, 0.6) is 0 Å². The van der Waals surface area contributed by atoms with Crippen LogP contribution in [0.2, 0.25) is 0 Å². The lowest BCUT2D eigenvalue weighted by Gasteiger charge is -2.18. The van der Waals surface area contributed by atoms with Gasteiger partial charge in [0.1, 0.15) is 6.10 Å². The molecule has 1 heteroatoms. The summed E-state index contributed by atoms with van der Waals surface area (Å²) in [5.41, 5.74) is 2.33. The number of hydrogen-bond acceptors (Lipinski definition) is 1. The highest BCUT2D eigenvalue weighted by atomic mass is 16.5. The molecular formula is C14H18O. The lowest BCUT2D eigenvalue weighted by molar-refractivity contribution is 0.137. The molecule has 1 aromatic rings. The molecular weight excluding hydrogens is 184 g/mol. The first-order chi connectivity index (χ1) is 7.33. The highest BCUT2D eigenvalue weighted by molar-refractivity contribution is 5.52. The van der Waals surface area contributed by atoms with Crippen molar-refractivity contribution in [3.63, 3.8) is 0 Å². The fourth-order valence-electron chi connectivity index (χ4n) is 1.67. The summed E-state index contributed by atoms with van der Waals surface area (Å²) in [6.07, 6.45) is 5.56. The molecule has 0 saturated heterocycles. The van der Waals surface area contributed by atoms with Gasteiger partial charge in [-0.15, -0.1) is 0 Å². The minimum Gasteiger partial charge on any atom is -0.494 e. The van der Waals surface area contributed by atoms with E-state index in [0.717, 1.165) is 18.4 Å². The first kappa shape index (κ1) is 11.6. The van der Waals surface area contributed by atoms with Crippen LogP contribution in [0, 0.1) is 0 Å². The largest absolute Gasteiger partial charge is 0.494 e. The van der Waals surface area contributed by atoms with Crippen LogP contribution < -0.4 is 0 Å². The minimum absolute atomic E-state index is 0.0988. The molecule has 0 aliphatic heterocycles. The normalized spacial score (nSPS) is 11.8. The maximum Gasteiger partial charge on any atom is 0.123 e. The average Bonchev–Trinajstić information content (AvgIpc) is 2.29. The molecule has 0 saturated carbocycles. The van der Waals surface area contributed by atoms with E-state index >= 15 is 0 Å². The smallest absolute Gasteiger partial charge is 0.123 e. The molecule has 1 nitrogen and oxygen atoms in total. The van der Waals surface area contributed by atoms with Crippen LogP contribution >= 0.6 is 0 Å². The Bertz CT molecular complexity index is 328. The van der Waals surface area contributed by atoms with E-state index in [1.54, 1.807) is 0 Å². The van der Waals surface area contributed by atoms with E-state index in [-0.39, 0.29) is 6.10 Å². The monoisotopic (exact) mass is 202 g/mol. The molecule has 80 valence electrons. The lowest BCUT2D eigenvalue weighted by Crippen LogP contribution is -2.02. The third-order valence-electron chi connectivity index (χ3n) is 2.37. The van der Waals surface area contributed by atoms with E-state index in [1.807, 2.05) is 18.2 Å². The molecule has 0 N–H and O–H groups in total. The van der Waals surface area contributed by atoms with Gasteiger partial charge in [-0.3, -0.25) is 0 Å². The molecule has 0 heterocycles. The van der Waals surface area contributed by atoms with Crippen LogP contribution in [0.3, 0.4) is 0 Å². The topological polar surface area (TPSA) is 9.23 Å². The Kier molecular flexibility index (Phi) is 4.69. The van der Waals surface area contributed by atoms with Crippen molar-refractivity contribution in [2.24, 2.45) is 0 Å². The summed E-state index contributed by atoms with van der Waals surface area (Å²) in [6.45, 7) is 9.58. The second kappa shape index (κ2) is 6.07. The summed E-state index contributed by atoms with van der Waals surface area (Å²) in [6, 6.07) is 8.17. The first-order valence-corrected chi connectivity index (χ1v) is 5.31. The number of ether oxygens (including phenoxy) is 1. The molecule has 0 aromatic heterocycles. The van der Waals surface area contributed by atoms with Crippen LogP contribution in [0.25, 0.3) is 6.08 Å². The van der Waals surface area contributed by atoms with Gasteiger partial charge < -0.3 is 4.74 Å². The van der Waals surface area contributed by atoms with Gasteiger partial charge in [0.05, 0.1) is 6.26 Å². The molecule has 0 amide bonds. The fourth-order valence-corrected chi connectivity index (χ4v) is 1.67. The van der Waals surface area contributed by atoms with E-state index in [9.17, 15) is 0 Å². The van der Waals surface area contributed by atoms with Crippen molar-refractivity contribution in [1.29, 1.82) is 0 Å². The van der Waals surface area contributed by atoms with Crippen LogP contribution in [0.4, 0.5) is 0 Å². The standard InChI is InChI=1S/C14H18O/c1-4-9-14(15-6-3)13-11-8-7-10-12(13)5-2/h5-8,10-11,14H,2-4,9H2,1H3. The Hall–Kier alpha value is -1.50. The summed E-state index contributed by atoms with van der Waals surface area (Å²) in [5.74, 6) is 0. The lowest BCUT2D eigenvalue weighted by atomic mass is 9.99. The quantitative estimate of drug-likeness (QED) is 0.624. The first-order valence-electron chi connectivity index (χ1n) is 5.31. The van der Waals surface area contributed by atoms with Gasteiger partial charge in [0, 0.05) is 0 Å². The molecule has 1 unspecified atom stereocenters. The zero-order valence-corrected chi connectivity index (χ0v) is 9.28. The minimum atomic E-state index is 0.0988. The van der Waals surface area contributed by atoms with Crippen molar-refractivity contribution < 1.29 is 4.74 Å². The average molecular weight is 202 g/mol. The third-order valence-corrected chi connectivity index (χ3v) is 2.37. The Morgan fingerprint density at radius 2 is 2.07 bits per heavy atom. The van der Waals surface area contributed by atoms with Crippen molar-refractivity contribution >= 4 is 6.08 Å². The van der Waals surface area contributed by atoms with Gasteiger partial charge in [-0.1, -0.05) is 56.8 Å². The van der Waals surface area contributed by atoms with E-state index in [2.05, 4.69) is 32.2 Å². The van der Waals surface area contributed by atoms with Crippen LogP contribution in [0.1, 0.15) is 37.0 Å². The van der Waals surface area contributed by atoms with E-state index in [1.165, 1.54) is 11.8 Å². The second-order valence-corrected chi connectivity index (χ2v) is 3.41. The maximum absolute atomic E-state index is 5.53. The van der Waals surface area contributed by atoms with Crippen molar-refractivity contribution in [3.05, 3.63) is 54.8 Å². The van der Waals surface area contributed by atoms with E-state index < -0.39 is 0 Å². The molecule has 1 atom stereocenters. The molecule has 0 fully saturated rings. The molecule has 0 bridgehead atoms. The molecule has 0 radical (unpaired) electrons. The summed E-state index contributed by atoms with van der Waals surface area (Å²) in [7, 11) is 0. The number of benzene rings is 1. The van der Waals surface area contributed by atoms with Crippen LogP contribution in [-0.4, -0.2) is 0 Å². The van der Waals surface area contributed by atoms with Gasteiger partial charge >= 0.3 is 0 Å². The second-order valence-electron chi connectivity index (χ2n) is 3.41. The molecule has 1 rings (SSSR count). The maximum atomic E-state index is 5.53. The van der Waals surface area contributed by atoms with E-state index in [0.29, 0.717) is 0 Å². The number of hydrogen-bond donors (Lipinski definition) is 0. The predicted molar refractivity (Wildman–Crippen MR) is 65.5 cm³/mol. The summed E-state index contributed by atoms with van der Waals surface area (Å²) >= 11 is 0. The summed E-state index contributed by atoms with van der Waals surface area (Å²) < 4.78 is 5.53. The van der Waals surface area contributed by atoms with Gasteiger partial charge in [-0.2, -0.15) is 0 Å². The molecule has 0 spiro atoms. The predicted octanol–water partition coefficient (Wildman–Crippen LogP) is 4.33. The van der Waals surface area contributed by atoms with Crippen molar-refractivity contribution in [3.8, 4) is 0 Å². The molecule has 15 heavy (non-hydrogen) atoms. The fraction of sp³-hybridized carbons (Fsp3) is 0.286. The Balaban J connectivity index is 2.97. The van der Waals surface area contributed by atoms with Gasteiger partial charge in [0.25, 0.3) is 0 Å². The zero-order chi connectivity index (χ0) is 11.1. The van der Waals surface area contributed by atoms with Gasteiger partial charge in [0.2, 0.25) is 0 Å². The zero-order valence-electron chi connectivity index (χ0n) is 9.28. The number of rotatable bonds is 6. The Morgan fingerprint density at radius 3 is 2.67 bits per heavy atom. The third kappa shape index (κ3) is 2.98. The van der Waals surface area contributed by atoms with Gasteiger partial charge in [-0.25, -0.2) is 0 Å². The Labute approximate surface area is 92.1 Å². The van der Waals surface area contributed by atoms with Crippen LogP contribution in [0.15, 0.2) is 43.7 Å². The van der Waals surface area contributed by atoms with Crippen molar-refractivity contribution in [1.82, 2.24) is 0 Å².